The molecule has 10 heteroatoms. The number of furan rings is 1. The first-order valence-electron chi connectivity index (χ1n) is 8.45. The molecular weight excluding hydrogens is 382 g/mol. The van der Waals surface area contributed by atoms with Gasteiger partial charge in [-0.25, -0.2) is 9.59 Å². The molecular formula is C19H15N3O7. The molecule has 0 saturated carbocycles. The largest absolute Gasteiger partial charge is 0.462 e. The maximum atomic E-state index is 11.7. The molecule has 2 aromatic heterocycles. The van der Waals surface area contributed by atoms with Crippen LogP contribution in [0.2, 0.25) is 0 Å². The van der Waals surface area contributed by atoms with E-state index < -0.39 is 27.8 Å². The average molecular weight is 397 g/mol. The minimum absolute atomic E-state index is 0.250. The Bertz CT molecular complexity index is 1200. The highest BCUT2D eigenvalue weighted by atomic mass is 16.6. The molecule has 0 amide bonds. The third-order valence-electron chi connectivity index (χ3n) is 3.85. The molecule has 0 fully saturated rings. The molecule has 0 unspecified atom stereocenters. The highest BCUT2D eigenvalue weighted by Crippen LogP contribution is 2.24. The zero-order valence-corrected chi connectivity index (χ0v) is 15.1. The van der Waals surface area contributed by atoms with Crippen molar-refractivity contribution in [3.05, 3.63) is 84.4 Å². The molecule has 0 radical (unpaired) electrons. The van der Waals surface area contributed by atoms with Gasteiger partial charge in [-0.05, 0) is 43.3 Å². The van der Waals surface area contributed by atoms with E-state index in [4.69, 9.17) is 9.15 Å². The molecule has 0 bridgehead atoms. The SMILES string of the molecule is CCOC(=O)c1ccc(-c2ccc(/C=C/c3[nH]c(=O)[nH]c(=O)c3[N+](=O)[O-])o2)cc1. The number of carbonyl (C=O) groups excluding carboxylic acids is 1. The van der Waals surface area contributed by atoms with Gasteiger partial charge in [-0.15, -0.1) is 0 Å². The van der Waals surface area contributed by atoms with Gasteiger partial charge < -0.3 is 14.1 Å². The van der Waals surface area contributed by atoms with Gasteiger partial charge in [-0.3, -0.25) is 19.9 Å². The Hall–Kier alpha value is -4.21. The van der Waals surface area contributed by atoms with Gasteiger partial charge in [-0.2, -0.15) is 0 Å². The topological polar surface area (TPSA) is 148 Å². The van der Waals surface area contributed by atoms with E-state index >= 15 is 0 Å². The molecule has 2 heterocycles. The first kappa shape index (κ1) is 19.5. The Balaban J connectivity index is 1.85. The number of nitrogens with one attached hydrogen (secondary N) is 2. The minimum Gasteiger partial charge on any atom is -0.462 e. The van der Waals surface area contributed by atoms with Crippen LogP contribution in [0.4, 0.5) is 5.69 Å². The summed E-state index contributed by atoms with van der Waals surface area (Å²) in [5.41, 5.74) is -1.87. The van der Waals surface area contributed by atoms with E-state index in [2.05, 4.69) is 4.98 Å². The van der Waals surface area contributed by atoms with E-state index in [1.54, 1.807) is 48.3 Å². The number of H-pyrrole nitrogens is 2. The fourth-order valence-electron chi connectivity index (χ4n) is 2.55. The third-order valence-corrected chi connectivity index (χ3v) is 3.85. The summed E-state index contributed by atoms with van der Waals surface area (Å²) in [5.74, 6) is 0.411. The van der Waals surface area contributed by atoms with Crippen molar-refractivity contribution >= 4 is 23.8 Å². The summed E-state index contributed by atoms with van der Waals surface area (Å²) in [5, 5.41) is 11.0. The molecule has 1 aromatic carbocycles. The zero-order valence-electron chi connectivity index (χ0n) is 15.1. The normalized spacial score (nSPS) is 10.9. The van der Waals surface area contributed by atoms with Crippen molar-refractivity contribution < 1.29 is 18.9 Å². The number of nitro groups is 1. The number of rotatable bonds is 6. The predicted molar refractivity (Wildman–Crippen MR) is 103 cm³/mol. The van der Waals surface area contributed by atoms with Crippen molar-refractivity contribution in [2.75, 3.05) is 6.61 Å². The van der Waals surface area contributed by atoms with Crippen LogP contribution in [0.25, 0.3) is 23.5 Å². The van der Waals surface area contributed by atoms with Gasteiger partial charge in [0.05, 0.1) is 17.1 Å². The summed E-state index contributed by atoms with van der Waals surface area (Å²) in [7, 11) is 0. The van der Waals surface area contributed by atoms with Crippen LogP contribution >= 0.6 is 0 Å². The predicted octanol–water partition coefficient (Wildman–Crippen LogP) is 2.58. The molecule has 0 saturated heterocycles. The number of carbonyl (C=O) groups is 1. The van der Waals surface area contributed by atoms with Crippen molar-refractivity contribution in [1.82, 2.24) is 9.97 Å². The quantitative estimate of drug-likeness (QED) is 0.369. The summed E-state index contributed by atoms with van der Waals surface area (Å²) in [6.45, 7) is 2.01. The number of nitrogens with zero attached hydrogens (tertiary/aromatic N) is 1. The lowest BCUT2D eigenvalue weighted by Crippen LogP contribution is -2.25. The fraction of sp³-hybridized carbons (Fsp3) is 0.105. The Labute approximate surface area is 162 Å². The van der Waals surface area contributed by atoms with E-state index in [-0.39, 0.29) is 12.3 Å². The van der Waals surface area contributed by atoms with Crippen LogP contribution in [0, 0.1) is 10.1 Å². The summed E-state index contributed by atoms with van der Waals surface area (Å²) < 4.78 is 10.6. The third kappa shape index (κ3) is 4.38. The first-order valence-corrected chi connectivity index (χ1v) is 8.45. The van der Waals surface area contributed by atoms with Crippen LogP contribution in [0.1, 0.15) is 28.7 Å². The fourth-order valence-corrected chi connectivity index (χ4v) is 2.55. The lowest BCUT2D eigenvalue weighted by atomic mass is 10.1. The number of esters is 1. The Kier molecular flexibility index (Phi) is 5.54. The molecule has 0 aliphatic heterocycles. The van der Waals surface area contributed by atoms with Crippen molar-refractivity contribution in [2.45, 2.75) is 6.92 Å². The number of aromatic nitrogens is 2. The standard InChI is InChI=1S/C19H15N3O7/c1-2-28-18(24)12-5-3-11(4-6-12)15-10-8-13(29-15)7-9-14-16(22(26)27)17(23)21-19(25)20-14/h3-10H,2H2,1H3,(H2,20,21,23,25)/b9-7+. The van der Waals surface area contributed by atoms with Gasteiger partial charge in [0.1, 0.15) is 17.2 Å². The number of ether oxygens (including phenoxy) is 1. The molecule has 0 aliphatic carbocycles. The lowest BCUT2D eigenvalue weighted by Gasteiger charge is -2.02. The summed E-state index contributed by atoms with van der Waals surface area (Å²) in [4.78, 5) is 48.9. The van der Waals surface area contributed by atoms with Crippen molar-refractivity contribution in [3.63, 3.8) is 0 Å². The van der Waals surface area contributed by atoms with Crippen LogP contribution in [-0.2, 0) is 4.74 Å². The van der Waals surface area contributed by atoms with Crippen molar-refractivity contribution in [2.24, 2.45) is 0 Å². The molecule has 10 nitrogen and oxygen atoms in total. The van der Waals surface area contributed by atoms with Gasteiger partial charge in [0.25, 0.3) is 0 Å². The Morgan fingerprint density at radius 2 is 1.86 bits per heavy atom. The van der Waals surface area contributed by atoms with Gasteiger partial charge in [0.15, 0.2) is 0 Å². The van der Waals surface area contributed by atoms with Crippen LogP contribution in [-0.4, -0.2) is 27.5 Å². The lowest BCUT2D eigenvalue weighted by molar-refractivity contribution is -0.386. The van der Waals surface area contributed by atoms with Crippen molar-refractivity contribution in [1.29, 1.82) is 0 Å². The Morgan fingerprint density at radius 1 is 1.14 bits per heavy atom. The van der Waals surface area contributed by atoms with Crippen LogP contribution in [0.15, 0.2) is 50.4 Å². The first-order chi connectivity index (χ1) is 13.9. The van der Waals surface area contributed by atoms with E-state index in [1.165, 1.54) is 12.2 Å². The summed E-state index contributed by atoms with van der Waals surface area (Å²) >= 11 is 0. The second-order valence-corrected chi connectivity index (χ2v) is 5.76. The number of hydrogen-bond acceptors (Lipinski definition) is 7. The minimum atomic E-state index is -1.10. The summed E-state index contributed by atoms with van der Waals surface area (Å²) in [6.07, 6.45) is 2.59. The van der Waals surface area contributed by atoms with Gasteiger partial charge in [0, 0.05) is 5.56 Å². The molecule has 0 aliphatic rings. The zero-order chi connectivity index (χ0) is 21.0. The Morgan fingerprint density at radius 3 is 2.52 bits per heavy atom. The number of hydrogen-bond donors (Lipinski definition) is 2. The van der Waals surface area contributed by atoms with Crippen LogP contribution in [0.3, 0.4) is 0 Å². The molecule has 3 rings (SSSR count). The molecule has 0 atom stereocenters. The highest BCUT2D eigenvalue weighted by Gasteiger charge is 2.19. The maximum absolute atomic E-state index is 11.7. The van der Waals surface area contributed by atoms with E-state index in [0.29, 0.717) is 22.6 Å². The molecule has 0 spiro atoms. The van der Waals surface area contributed by atoms with E-state index in [1.807, 2.05) is 0 Å². The molecule has 148 valence electrons. The highest BCUT2D eigenvalue weighted by molar-refractivity contribution is 5.90. The van der Waals surface area contributed by atoms with Gasteiger partial charge >= 0.3 is 22.9 Å². The maximum Gasteiger partial charge on any atom is 0.357 e. The molecule has 29 heavy (non-hydrogen) atoms. The average Bonchev–Trinajstić information content (AvgIpc) is 3.15. The number of aromatic amines is 2. The van der Waals surface area contributed by atoms with Gasteiger partial charge in [-0.1, -0.05) is 12.1 Å². The van der Waals surface area contributed by atoms with E-state index in [0.717, 1.165) is 0 Å². The smallest absolute Gasteiger partial charge is 0.357 e. The van der Waals surface area contributed by atoms with Gasteiger partial charge in [0.2, 0.25) is 0 Å². The van der Waals surface area contributed by atoms with Crippen LogP contribution < -0.4 is 11.2 Å². The monoisotopic (exact) mass is 397 g/mol. The second-order valence-electron chi connectivity index (χ2n) is 5.76. The van der Waals surface area contributed by atoms with E-state index in [9.17, 15) is 24.5 Å². The molecule has 3 aromatic rings. The van der Waals surface area contributed by atoms with Crippen LogP contribution in [0.5, 0.6) is 0 Å². The molecule has 2 N–H and O–H groups in total. The number of benzene rings is 1. The summed E-state index contributed by atoms with van der Waals surface area (Å²) in [6, 6.07) is 9.89. The van der Waals surface area contributed by atoms with Crippen molar-refractivity contribution in [3.8, 4) is 11.3 Å². The second kappa shape index (κ2) is 8.21.